The maximum absolute atomic E-state index is 11.6. The summed E-state index contributed by atoms with van der Waals surface area (Å²) in [6.45, 7) is 0. The van der Waals surface area contributed by atoms with Crippen LogP contribution < -0.4 is 0 Å². The van der Waals surface area contributed by atoms with Gasteiger partial charge >= 0.3 is 11.9 Å². The summed E-state index contributed by atoms with van der Waals surface area (Å²) in [5.41, 5.74) is 2.19. The van der Waals surface area contributed by atoms with Crippen molar-refractivity contribution in [3.63, 3.8) is 0 Å². The molecular weight excluding hydrogens is 360 g/mol. The largest absolute Gasteiger partial charge is 0.465 e. The molecule has 142 valence electrons. The first kappa shape index (κ1) is 17.9. The number of esters is 2. The molecule has 0 saturated carbocycles. The van der Waals surface area contributed by atoms with Crippen molar-refractivity contribution in [3.8, 4) is 0 Å². The van der Waals surface area contributed by atoms with Crippen molar-refractivity contribution in [1.29, 1.82) is 0 Å². The van der Waals surface area contributed by atoms with Crippen molar-refractivity contribution in [1.82, 2.24) is 0 Å². The summed E-state index contributed by atoms with van der Waals surface area (Å²) >= 11 is 0. The van der Waals surface area contributed by atoms with Crippen molar-refractivity contribution in [3.05, 3.63) is 71.2 Å². The third-order valence-corrected chi connectivity index (χ3v) is 4.60. The van der Waals surface area contributed by atoms with Gasteiger partial charge in [0.1, 0.15) is 22.7 Å². The molecule has 0 aliphatic rings. The van der Waals surface area contributed by atoms with Crippen molar-refractivity contribution in [2.45, 2.75) is 12.8 Å². The highest BCUT2D eigenvalue weighted by Crippen LogP contribution is 2.25. The number of benzene rings is 2. The van der Waals surface area contributed by atoms with Crippen LogP contribution >= 0.6 is 0 Å². The number of aryl methyl sites for hydroxylation is 2. The zero-order valence-electron chi connectivity index (χ0n) is 15.5. The lowest BCUT2D eigenvalue weighted by molar-refractivity contribution is 0.0592. The molecule has 0 fully saturated rings. The first-order chi connectivity index (χ1) is 13.6. The molecule has 0 unspecified atom stereocenters. The number of carbonyl (C=O) groups is 2. The number of furan rings is 2. The molecule has 28 heavy (non-hydrogen) atoms. The first-order valence-electron chi connectivity index (χ1n) is 8.79. The summed E-state index contributed by atoms with van der Waals surface area (Å²) in [6.07, 6.45) is 1.29. The van der Waals surface area contributed by atoms with Crippen LogP contribution in [0.5, 0.6) is 0 Å². The van der Waals surface area contributed by atoms with Crippen LogP contribution in [-0.2, 0) is 22.3 Å². The van der Waals surface area contributed by atoms with Crippen LogP contribution in [0, 0.1) is 0 Å². The monoisotopic (exact) mass is 378 g/mol. The standard InChI is InChI=1S/C22H18O6/c1-25-21(23)15-5-3-13-9-17(27-19(13)11-15)7-8-18-10-14-4-6-16(22(24)26-2)12-20(14)28-18/h3-6,9-12H,7-8H2,1-2H3. The highest BCUT2D eigenvalue weighted by molar-refractivity contribution is 5.94. The predicted molar refractivity (Wildman–Crippen MR) is 103 cm³/mol. The molecule has 0 saturated heterocycles. The fraction of sp³-hybridized carbons (Fsp3) is 0.182. The first-order valence-corrected chi connectivity index (χ1v) is 8.79. The van der Waals surface area contributed by atoms with E-state index in [1.165, 1.54) is 14.2 Å². The van der Waals surface area contributed by atoms with E-state index in [1.807, 2.05) is 24.3 Å². The number of hydrogen-bond acceptors (Lipinski definition) is 6. The van der Waals surface area contributed by atoms with E-state index in [2.05, 4.69) is 0 Å². The third kappa shape index (κ3) is 3.36. The molecule has 0 aliphatic heterocycles. The Morgan fingerprint density at radius 1 is 0.714 bits per heavy atom. The van der Waals surface area contributed by atoms with Gasteiger partial charge in [0.25, 0.3) is 0 Å². The van der Waals surface area contributed by atoms with Crippen LogP contribution in [0.25, 0.3) is 21.9 Å². The molecule has 0 aliphatic carbocycles. The van der Waals surface area contributed by atoms with Crippen LogP contribution in [0.4, 0.5) is 0 Å². The number of methoxy groups -OCH3 is 2. The molecule has 0 atom stereocenters. The summed E-state index contributed by atoms with van der Waals surface area (Å²) in [6, 6.07) is 14.4. The predicted octanol–water partition coefficient (Wildman–Crippen LogP) is 4.54. The van der Waals surface area contributed by atoms with Crippen molar-refractivity contribution in [2.75, 3.05) is 14.2 Å². The second-order valence-electron chi connectivity index (χ2n) is 6.41. The van der Waals surface area contributed by atoms with Crippen molar-refractivity contribution < 1.29 is 27.9 Å². The van der Waals surface area contributed by atoms with E-state index in [9.17, 15) is 9.59 Å². The number of carbonyl (C=O) groups excluding carboxylic acids is 2. The molecule has 0 spiro atoms. The minimum absolute atomic E-state index is 0.395. The minimum atomic E-state index is -0.395. The van der Waals surface area contributed by atoms with E-state index in [0.29, 0.717) is 35.1 Å². The quantitative estimate of drug-likeness (QED) is 0.475. The normalized spacial score (nSPS) is 11.1. The van der Waals surface area contributed by atoms with Gasteiger partial charge in [-0.1, -0.05) is 12.1 Å². The topological polar surface area (TPSA) is 78.9 Å². The number of ether oxygens (including phenoxy) is 2. The lowest BCUT2D eigenvalue weighted by atomic mass is 10.1. The third-order valence-electron chi connectivity index (χ3n) is 4.60. The van der Waals surface area contributed by atoms with Gasteiger partial charge in [-0.3, -0.25) is 0 Å². The Morgan fingerprint density at radius 3 is 1.54 bits per heavy atom. The fourth-order valence-corrected chi connectivity index (χ4v) is 3.15. The van der Waals surface area contributed by atoms with Crippen LogP contribution in [-0.4, -0.2) is 26.2 Å². The van der Waals surface area contributed by atoms with E-state index in [-0.39, 0.29) is 0 Å². The summed E-state index contributed by atoms with van der Waals surface area (Å²) < 4.78 is 21.2. The number of fused-ring (bicyclic) bond motifs is 2. The smallest absolute Gasteiger partial charge is 0.337 e. The van der Waals surface area contributed by atoms with Gasteiger partial charge in [0.2, 0.25) is 0 Å². The number of hydrogen-bond donors (Lipinski definition) is 0. The SMILES string of the molecule is COC(=O)c1ccc2cc(CCc3cc4ccc(C(=O)OC)cc4o3)oc2c1. The second kappa shape index (κ2) is 7.23. The highest BCUT2D eigenvalue weighted by atomic mass is 16.5. The maximum atomic E-state index is 11.6. The zero-order chi connectivity index (χ0) is 19.7. The second-order valence-corrected chi connectivity index (χ2v) is 6.41. The maximum Gasteiger partial charge on any atom is 0.337 e. The van der Waals surface area contributed by atoms with Gasteiger partial charge < -0.3 is 18.3 Å². The Morgan fingerprint density at radius 2 is 1.14 bits per heavy atom. The van der Waals surface area contributed by atoms with Gasteiger partial charge in [-0.15, -0.1) is 0 Å². The van der Waals surface area contributed by atoms with E-state index in [1.54, 1.807) is 24.3 Å². The molecule has 2 aromatic carbocycles. The Balaban J connectivity index is 1.52. The molecule has 6 heteroatoms. The fourth-order valence-electron chi connectivity index (χ4n) is 3.15. The van der Waals surface area contributed by atoms with Gasteiger partial charge in [-0.05, 0) is 36.4 Å². The molecule has 0 radical (unpaired) electrons. The van der Waals surface area contributed by atoms with Crippen LogP contribution in [0.3, 0.4) is 0 Å². The summed E-state index contributed by atoms with van der Waals surface area (Å²) in [5.74, 6) is 0.808. The molecule has 0 N–H and O–H groups in total. The van der Waals surface area contributed by atoms with E-state index in [0.717, 1.165) is 22.3 Å². The van der Waals surface area contributed by atoms with Crippen LogP contribution in [0.2, 0.25) is 0 Å². The average molecular weight is 378 g/mol. The average Bonchev–Trinajstić information content (AvgIpc) is 3.32. The Kier molecular flexibility index (Phi) is 4.61. The Labute approximate surface area is 160 Å². The summed E-state index contributed by atoms with van der Waals surface area (Å²) in [4.78, 5) is 23.3. The molecule has 0 amide bonds. The minimum Gasteiger partial charge on any atom is -0.465 e. The van der Waals surface area contributed by atoms with Crippen LogP contribution in [0.1, 0.15) is 32.2 Å². The zero-order valence-corrected chi connectivity index (χ0v) is 15.5. The van der Waals surface area contributed by atoms with Gasteiger partial charge in [-0.2, -0.15) is 0 Å². The van der Waals surface area contributed by atoms with E-state index in [4.69, 9.17) is 18.3 Å². The summed E-state index contributed by atoms with van der Waals surface area (Å²) in [5, 5.41) is 1.85. The lowest BCUT2D eigenvalue weighted by Crippen LogP contribution is -1.99. The summed E-state index contributed by atoms with van der Waals surface area (Å²) in [7, 11) is 2.70. The molecule has 6 nitrogen and oxygen atoms in total. The molecule has 2 aromatic heterocycles. The van der Waals surface area contributed by atoms with Gasteiger partial charge in [0.05, 0.1) is 25.3 Å². The molecule has 4 rings (SSSR count). The molecule has 4 aromatic rings. The molecule has 2 heterocycles. The Hall–Kier alpha value is -3.54. The highest BCUT2D eigenvalue weighted by Gasteiger charge is 2.12. The number of rotatable bonds is 5. The lowest BCUT2D eigenvalue weighted by Gasteiger charge is -1.98. The van der Waals surface area contributed by atoms with Gasteiger partial charge in [0, 0.05) is 23.6 Å². The van der Waals surface area contributed by atoms with E-state index >= 15 is 0 Å². The Bertz CT molecular complexity index is 1090. The van der Waals surface area contributed by atoms with Crippen molar-refractivity contribution in [2.24, 2.45) is 0 Å². The van der Waals surface area contributed by atoms with Gasteiger partial charge in [-0.25, -0.2) is 9.59 Å². The van der Waals surface area contributed by atoms with Crippen LogP contribution in [0.15, 0.2) is 57.4 Å². The molecule has 0 bridgehead atoms. The van der Waals surface area contributed by atoms with Crippen molar-refractivity contribution >= 4 is 33.9 Å². The molecular formula is C22H18O6. The van der Waals surface area contributed by atoms with Gasteiger partial charge in [0.15, 0.2) is 0 Å². The van der Waals surface area contributed by atoms with E-state index < -0.39 is 11.9 Å².